The lowest BCUT2D eigenvalue weighted by molar-refractivity contribution is 0.0763. The van der Waals surface area contributed by atoms with Gasteiger partial charge in [-0.25, -0.2) is 4.98 Å². The van der Waals surface area contributed by atoms with Crippen LogP contribution in [-0.4, -0.2) is 56.7 Å². The first kappa shape index (κ1) is 20.5. The maximum atomic E-state index is 13.7. The predicted octanol–water partition coefficient (Wildman–Crippen LogP) is 3.88. The van der Waals surface area contributed by atoms with E-state index >= 15 is 0 Å². The van der Waals surface area contributed by atoms with E-state index in [-0.39, 0.29) is 5.91 Å². The summed E-state index contributed by atoms with van der Waals surface area (Å²) >= 11 is 0. The van der Waals surface area contributed by atoms with E-state index in [0.717, 1.165) is 43.7 Å². The first-order chi connectivity index (χ1) is 15.6. The summed E-state index contributed by atoms with van der Waals surface area (Å²) in [5.41, 5.74) is 4.10. The molecule has 0 saturated carbocycles. The van der Waals surface area contributed by atoms with Gasteiger partial charge in [0.25, 0.3) is 5.91 Å². The topological polar surface area (TPSA) is 67.4 Å². The number of hydrogen-bond acceptors (Lipinski definition) is 5. The molecule has 1 aliphatic heterocycles. The van der Waals surface area contributed by atoms with Gasteiger partial charge in [-0.3, -0.25) is 14.4 Å². The SMILES string of the molecule is Cc1nn(C)c2nc(-c3ccco3)cc(C(=O)N3CCCN(Cc4ccccc4)CC3)c12. The number of benzene rings is 1. The number of furan rings is 1. The largest absolute Gasteiger partial charge is 0.463 e. The first-order valence-electron chi connectivity index (χ1n) is 11.0. The average Bonchev–Trinajstić information content (AvgIpc) is 3.37. The summed E-state index contributed by atoms with van der Waals surface area (Å²) in [6, 6.07) is 16.0. The lowest BCUT2D eigenvalue weighted by Gasteiger charge is -2.22. The Balaban J connectivity index is 1.43. The smallest absolute Gasteiger partial charge is 0.254 e. The van der Waals surface area contributed by atoms with Crippen LogP contribution in [0, 0.1) is 6.92 Å². The number of pyridine rings is 1. The van der Waals surface area contributed by atoms with E-state index in [1.807, 2.05) is 43.1 Å². The van der Waals surface area contributed by atoms with Gasteiger partial charge in [0.1, 0.15) is 5.69 Å². The normalized spacial score (nSPS) is 15.2. The molecule has 1 saturated heterocycles. The quantitative estimate of drug-likeness (QED) is 0.492. The Morgan fingerprint density at radius 2 is 1.91 bits per heavy atom. The summed E-state index contributed by atoms with van der Waals surface area (Å²) in [5.74, 6) is 0.674. The Hall–Kier alpha value is -3.45. The third-order valence-electron chi connectivity index (χ3n) is 6.10. The molecule has 0 radical (unpaired) electrons. The Morgan fingerprint density at radius 1 is 1.06 bits per heavy atom. The van der Waals surface area contributed by atoms with E-state index in [4.69, 9.17) is 9.40 Å². The third kappa shape index (κ3) is 3.91. The predicted molar refractivity (Wildman–Crippen MR) is 123 cm³/mol. The van der Waals surface area contributed by atoms with Crippen molar-refractivity contribution in [1.82, 2.24) is 24.6 Å². The molecule has 7 heteroatoms. The summed E-state index contributed by atoms with van der Waals surface area (Å²) in [6.07, 6.45) is 2.57. The van der Waals surface area contributed by atoms with Gasteiger partial charge in [-0.05, 0) is 37.1 Å². The summed E-state index contributed by atoms with van der Waals surface area (Å²) in [7, 11) is 1.86. The molecule has 32 heavy (non-hydrogen) atoms. The number of aryl methyl sites for hydroxylation is 2. The highest BCUT2D eigenvalue weighted by Crippen LogP contribution is 2.28. The van der Waals surface area contributed by atoms with E-state index < -0.39 is 0 Å². The van der Waals surface area contributed by atoms with Crippen molar-refractivity contribution in [2.24, 2.45) is 7.05 Å². The van der Waals surface area contributed by atoms with Gasteiger partial charge in [0.15, 0.2) is 11.4 Å². The van der Waals surface area contributed by atoms with Crippen LogP contribution in [0.1, 0.15) is 28.0 Å². The van der Waals surface area contributed by atoms with Crippen molar-refractivity contribution in [2.75, 3.05) is 26.2 Å². The van der Waals surface area contributed by atoms with Gasteiger partial charge in [0.2, 0.25) is 0 Å². The van der Waals surface area contributed by atoms with Gasteiger partial charge in [-0.1, -0.05) is 30.3 Å². The number of carbonyl (C=O) groups is 1. The monoisotopic (exact) mass is 429 g/mol. The van der Waals surface area contributed by atoms with Crippen molar-refractivity contribution >= 4 is 16.9 Å². The van der Waals surface area contributed by atoms with Crippen LogP contribution in [0.3, 0.4) is 0 Å². The second-order valence-electron chi connectivity index (χ2n) is 8.35. The molecule has 0 unspecified atom stereocenters. The minimum absolute atomic E-state index is 0.0304. The van der Waals surface area contributed by atoms with Crippen LogP contribution in [0.4, 0.5) is 0 Å². The second-order valence-corrected chi connectivity index (χ2v) is 8.35. The summed E-state index contributed by atoms with van der Waals surface area (Å²) in [6.45, 7) is 6.11. The van der Waals surface area contributed by atoms with Gasteiger partial charge >= 0.3 is 0 Å². The molecular weight excluding hydrogens is 402 g/mol. The lowest BCUT2D eigenvalue weighted by Crippen LogP contribution is -2.35. The number of fused-ring (bicyclic) bond motifs is 1. The number of amides is 1. The molecule has 1 aliphatic rings. The van der Waals surface area contributed by atoms with E-state index in [1.165, 1.54) is 5.56 Å². The van der Waals surface area contributed by atoms with Crippen molar-refractivity contribution in [3.05, 3.63) is 71.6 Å². The molecule has 1 aromatic carbocycles. The molecule has 7 nitrogen and oxygen atoms in total. The number of carbonyl (C=O) groups excluding carboxylic acids is 1. The Labute approximate surface area is 187 Å². The zero-order valence-corrected chi connectivity index (χ0v) is 18.5. The lowest BCUT2D eigenvalue weighted by atomic mass is 10.1. The molecule has 164 valence electrons. The van der Waals surface area contributed by atoms with Gasteiger partial charge in [-0.2, -0.15) is 5.10 Å². The van der Waals surface area contributed by atoms with E-state index in [1.54, 1.807) is 10.9 Å². The van der Waals surface area contributed by atoms with Crippen LogP contribution >= 0.6 is 0 Å². The van der Waals surface area contributed by atoms with Crippen LogP contribution in [0.25, 0.3) is 22.5 Å². The third-order valence-corrected chi connectivity index (χ3v) is 6.10. The highest BCUT2D eigenvalue weighted by atomic mass is 16.3. The maximum absolute atomic E-state index is 13.7. The van der Waals surface area contributed by atoms with Crippen LogP contribution in [0.5, 0.6) is 0 Å². The van der Waals surface area contributed by atoms with Crippen LogP contribution in [0.2, 0.25) is 0 Å². The fraction of sp³-hybridized carbons (Fsp3) is 0.320. The van der Waals surface area contributed by atoms with Crippen molar-refractivity contribution in [1.29, 1.82) is 0 Å². The first-order valence-corrected chi connectivity index (χ1v) is 11.0. The summed E-state index contributed by atoms with van der Waals surface area (Å²) in [4.78, 5) is 22.9. The summed E-state index contributed by atoms with van der Waals surface area (Å²) in [5, 5.41) is 5.34. The fourth-order valence-electron chi connectivity index (χ4n) is 4.51. The molecule has 3 aromatic heterocycles. The van der Waals surface area contributed by atoms with Crippen molar-refractivity contribution < 1.29 is 9.21 Å². The average molecular weight is 430 g/mol. The number of rotatable bonds is 4. The molecule has 0 bridgehead atoms. The Kier molecular flexibility index (Phi) is 5.49. The van der Waals surface area contributed by atoms with Crippen molar-refractivity contribution in [2.45, 2.75) is 19.9 Å². The standard InChI is InChI=1S/C25H27N5O2/c1-18-23-20(16-21(22-10-6-15-32-22)26-24(23)28(2)27-18)25(31)30-12-7-11-29(13-14-30)17-19-8-4-3-5-9-19/h3-6,8-10,15-16H,7,11-14,17H2,1-2H3. The fourth-order valence-corrected chi connectivity index (χ4v) is 4.51. The Morgan fingerprint density at radius 3 is 2.69 bits per heavy atom. The number of aromatic nitrogens is 3. The molecule has 0 spiro atoms. The molecule has 1 fully saturated rings. The Bertz CT molecular complexity index is 1230. The van der Waals surface area contributed by atoms with E-state index in [9.17, 15) is 4.79 Å². The molecule has 4 heterocycles. The molecule has 5 rings (SSSR count). The van der Waals surface area contributed by atoms with Crippen LogP contribution in [0.15, 0.2) is 59.2 Å². The molecule has 4 aromatic rings. The van der Waals surface area contributed by atoms with E-state index in [2.05, 4.69) is 34.3 Å². The van der Waals surface area contributed by atoms with Crippen LogP contribution in [-0.2, 0) is 13.6 Å². The van der Waals surface area contributed by atoms with Gasteiger partial charge in [-0.15, -0.1) is 0 Å². The van der Waals surface area contributed by atoms with Crippen molar-refractivity contribution in [3.8, 4) is 11.5 Å². The maximum Gasteiger partial charge on any atom is 0.254 e. The highest BCUT2D eigenvalue weighted by Gasteiger charge is 2.25. The van der Waals surface area contributed by atoms with E-state index in [0.29, 0.717) is 29.2 Å². The number of hydrogen-bond donors (Lipinski definition) is 0. The summed E-state index contributed by atoms with van der Waals surface area (Å²) < 4.78 is 7.30. The number of nitrogens with zero attached hydrogens (tertiary/aromatic N) is 5. The minimum atomic E-state index is 0.0304. The molecule has 0 N–H and O–H groups in total. The molecule has 0 aliphatic carbocycles. The van der Waals surface area contributed by atoms with Crippen LogP contribution < -0.4 is 0 Å². The van der Waals surface area contributed by atoms with Gasteiger partial charge < -0.3 is 9.32 Å². The zero-order valence-electron chi connectivity index (χ0n) is 18.5. The molecular formula is C25H27N5O2. The van der Waals surface area contributed by atoms with Crippen molar-refractivity contribution in [3.63, 3.8) is 0 Å². The highest BCUT2D eigenvalue weighted by molar-refractivity contribution is 6.07. The molecule has 1 amide bonds. The second kappa shape index (κ2) is 8.59. The molecule has 0 atom stereocenters. The van der Waals surface area contributed by atoms with Gasteiger partial charge in [0, 0.05) is 39.8 Å². The minimum Gasteiger partial charge on any atom is -0.463 e. The zero-order chi connectivity index (χ0) is 22.1. The van der Waals surface area contributed by atoms with Gasteiger partial charge in [0.05, 0.1) is 22.9 Å².